The minimum Gasteiger partial charge on any atom is -0.410 e. The monoisotopic (exact) mass is 180 g/mol. The van der Waals surface area contributed by atoms with E-state index in [2.05, 4.69) is 5.32 Å². The van der Waals surface area contributed by atoms with Crippen LogP contribution in [-0.2, 0) is 0 Å². The standard InChI is InChI=1S/C9H12N2O2/c1-2-11-9(12)13-8-5-3-7(10)4-6-8/h3-6H,2,10H2,1H3,(H,11,12). The van der Waals surface area contributed by atoms with Crippen molar-refractivity contribution in [2.24, 2.45) is 0 Å². The number of benzene rings is 1. The largest absolute Gasteiger partial charge is 0.412 e. The Labute approximate surface area is 76.7 Å². The van der Waals surface area contributed by atoms with E-state index < -0.39 is 6.09 Å². The van der Waals surface area contributed by atoms with Crippen LogP contribution in [0.2, 0.25) is 0 Å². The van der Waals surface area contributed by atoms with Gasteiger partial charge in [0.15, 0.2) is 0 Å². The second kappa shape index (κ2) is 4.35. The number of hydrogen-bond acceptors (Lipinski definition) is 3. The highest BCUT2D eigenvalue weighted by Crippen LogP contribution is 2.12. The van der Waals surface area contributed by atoms with E-state index in [9.17, 15) is 4.79 Å². The van der Waals surface area contributed by atoms with E-state index >= 15 is 0 Å². The van der Waals surface area contributed by atoms with Gasteiger partial charge in [-0.15, -0.1) is 0 Å². The molecule has 3 N–H and O–H groups in total. The summed E-state index contributed by atoms with van der Waals surface area (Å²) < 4.78 is 4.90. The third kappa shape index (κ3) is 3.02. The number of anilines is 1. The lowest BCUT2D eigenvalue weighted by Crippen LogP contribution is -2.26. The van der Waals surface area contributed by atoms with Gasteiger partial charge in [0.25, 0.3) is 0 Å². The maximum Gasteiger partial charge on any atom is 0.412 e. The lowest BCUT2D eigenvalue weighted by molar-refractivity contribution is 0.201. The van der Waals surface area contributed by atoms with Crippen LogP contribution in [0.1, 0.15) is 6.92 Å². The molecule has 1 amide bonds. The fraction of sp³-hybridized carbons (Fsp3) is 0.222. The number of nitrogens with two attached hydrogens (primary N) is 1. The van der Waals surface area contributed by atoms with E-state index in [1.54, 1.807) is 24.3 Å². The number of nitrogen functional groups attached to an aromatic ring is 1. The maximum atomic E-state index is 10.9. The fourth-order valence-corrected chi connectivity index (χ4v) is 0.823. The predicted molar refractivity (Wildman–Crippen MR) is 50.6 cm³/mol. The smallest absolute Gasteiger partial charge is 0.410 e. The van der Waals surface area contributed by atoms with Crippen molar-refractivity contribution in [3.63, 3.8) is 0 Å². The van der Waals surface area contributed by atoms with E-state index in [0.29, 0.717) is 18.0 Å². The Kier molecular flexibility index (Phi) is 3.14. The Balaban J connectivity index is 2.54. The number of ether oxygens (including phenoxy) is 1. The van der Waals surface area contributed by atoms with Gasteiger partial charge in [0.2, 0.25) is 0 Å². The first-order valence-corrected chi connectivity index (χ1v) is 4.03. The van der Waals surface area contributed by atoms with Crippen molar-refractivity contribution in [2.45, 2.75) is 6.92 Å². The first kappa shape index (κ1) is 9.38. The van der Waals surface area contributed by atoms with Gasteiger partial charge in [-0.05, 0) is 31.2 Å². The molecule has 0 spiro atoms. The van der Waals surface area contributed by atoms with Gasteiger partial charge >= 0.3 is 6.09 Å². The van der Waals surface area contributed by atoms with Crippen LogP contribution in [0.15, 0.2) is 24.3 Å². The van der Waals surface area contributed by atoms with Crippen LogP contribution >= 0.6 is 0 Å². The van der Waals surface area contributed by atoms with Gasteiger partial charge < -0.3 is 15.8 Å². The third-order valence-corrected chi connectivity index (χ3v) is 1.41. The number of hydrogen-bond donors (Lipinski definition) is 2. The summed E-state index contributed by atoms with van der Waals surface area (Å²) >= 11 is 0. The van der Waals surface area contributed by atoms with Crippen molar-refractivity contribution in [3.8, 4) is 5.75 Å². The van der Waals surface area contributed by atoms with Crippen LogP contribution in [0, 0.1) is 0 Å². The first-order valence-electron chi connectivity index (χ1n) is 4.03. The number of amides is 1. The van der Waals surface area contributed by atoms with Crippen molar-refractivity contribution >= 4 is 11.8 Å². The first-order chi connectivity index (χ1) is 6.22. The van der Waals surface area contributed by atoms with Crippen molar-refractivity contribution in [1.29, 1.82) is 0 Å². The average Bonchev–Trinajstić information content (AvgIpc) is 2.09. The topological polar surface area (TPSA) is 64.3 Å². The molecule has 4 nitrogen and oxygen atoms in total. The number of nitrogens with one attached hydrogen (secondary N) is 1. The molecule has 1 aromatic rings. The number of rotatable bonds is 2. The lowest BCUT2D eigenvalue weighted by Gasteiger charge is -2.04. The Morgan fingerprint density at radius 2 is 2.08 bits per heavy atom. The van der Waals surface area contributed by atoms with Gasteiger partial charge in [-0.2, -0.15) is 0 Å². The van der Waals surface area contributed by atoms with Gasteiger partial charge in [0.1, 0.15) is 5.75 Å². The number of carbonyl (C=O) groups is 1. The summed E-state index contributed by atoms with van der Waals surface area (Å²) in [4.78, 5) is 10.9. The zero-order chi connectivity index (χ0) is 9.68. The molecule has 0 fully saturated rings. The Hall–Kier alpha value is -1.71. The molecule has 0 heterocycles. The summed E-state index contributed by atoms with van der Waals surface area (Å²) in [5.74, 6) is 0.486. The minimum absolute atomic E-state index is 0.452. The molecule has 0 aliphatic carbocycles. The molecule has 0 aliphatic rings. The molecule has 0 aliphatic heterocycles. The fourth-order valence-electron chi connectivity index (χ4n) is 0.823. The van der Waals surface area contributed by atoms with Crippen LogP contribution in [0.3, 0.4) is 0 Å². The van der Waals surface area contributed by atoms with Crippen molar-refractivity contribution < 1.29 is 9.53 Å². The second-order valence-corrected chi connectivity index (χ2v) is 2.49. The van der Waals surface area contributed by atoms with Crippen molar-refractivity contribution in [2.75, 3.05) is 12.3 Å². The summed E-state index contributed by atoms with van der Waals surface area (Å²) in [6.07, 6.45) is -0.452. The molecule has 0 saturated heterocycles. The highest BCUT2D eigenvalue weighted by atomic mass is 16.5. The van der Waals surface area contributed by atoms with Gasteiger partial charge in [-0.3, -0.25) is 0 Å². The molecule has 0 radical (unpaired) electrons. The normalized spacial score (nSPS) is 9.31. The van der Waals surface area contributed by atoms with Crippen molar-refractivity contribution in [3.05, 3.63) is 24.3 Å². The Morgan fingerprint density at radius 1 is 1.46 bits per heavy atom. The Morgan fingerprint density at radius 3 is 2.62 bits per heavy atom. The van der Waals surface area contributed by atoms with Crippen molar-refractivity contribution in [1.82, 2.24) is 5.32 Å². The van der Waals surface area contributed by atoms with E-state index in [0.717, 1.165) is 0 Å². The highest BCUT2D eigenvalue weighted by Gasteiger charge is 2.00. The zero-order valence-electron chi connectivity index (χ0n) is 7.41. The van der Waals surface area contributed by atoms with E-state index in [1.165, 1.54) is 0 Å². The molecule has 4 heteroatoms. The van der Waals surface area contributed by atoms with Crippen LogP contribution in [0.4, 0.5) is 10.5 Å². The van der Waals surface area contributed by atoms with Crippen LogP contribution in [0.25, 0.3) is 0 Å². The minimum atomic E-state index is -0.452. The van der Waals surface area contributed by atoms with Gasteiger partial charge in [0.05, 0.1) is 0 Å². The van der Waals surface area contributed by atoms with Gasteiger partial charge in [-0.1, -0.05) is 0 Å². The molecule has 0 saturated carbocycles. The van der Waals surface area contributed by atoms with Gasteiger partial charge in [-0.25, -0.2) is 4.79 Å². The molecule has 0 unspecified atom stereocenters. The average molecular weight is 180 g/mol. The van der Waals surface area contributed by atoms with Gasteiger partial charge in [0, 0.05) is 12.2 Å². The van der Waals surface area contributed by atoms with E-state index in [1.807, 2.05) is 6.92 Å². The summed E-state index contributed by atoms with van der Waals surface area (Å²) in [6, 6.07) is 6.64. The van der Waals surface area contributed by atoms with Crippen LogP contribution in [0.5, 0.6) is 5.75 Å². The summed E-state index contributed by atoms with van der Waals surface area (Å²) in [6.45, 7) is 2.37. The molecule has 13 heavy (non-hydrogen) atoms. The maximum absolute atomic E-state index is 10.9. The van der Waals surface area contributed by atoms with Crippen LogP contribution in [-0.4, -0.2) is 12.6 Å². The molecular weight excluding hydrogens is 168 g/mol. The lowest BCUT2D eigenvalue weighted by atomic mass is 10.3. The summed E-state index contributed by atoms with van der Waals surface area (Å²) in [5, 5.41) is 2.52. The summed E-state index contributed by atoms with van der Waals surface area (Å²) in [5.41, 5.74) is 6.10. The number of carbonyl (C=O) groups excluding carboxylic acids is 1. The highest BCUT2D eigenvalue weighted by molar-refractivity contribution is 5.70. The van der Waals surface area contributed by atoms with E-state index in [-0.39, 0.29) is 0 Å². The molecular formula is C9H12N2O2. The molecule has 70 valence electrons. The summed E-state index contributed by atoms with van der Waals surface area (Å²) in [7, 11) is 0. The zero-order valence-corrected chi connectivity index (χ0v) is 7.41. The molecule has 0 aromatic heterocycles. The van der Waals surface area contributed by atoms with Crippen LogP contribution < -0.4 is 15.8 Å². The quantitative estimate of drug-likeness (QED) is 0.676. The molecule has 0 bridgehead atoms. The molecule has 1 aromatic carbocycles. The SMILES string of the molecule is CCNC(=O)Oc1ccc(N)cc1. The van der Waals surface area contributed by atoms with E-state index in [4.69, 9.17) is 10.5 Å². The molecule has 1 rings (SSSR count). The predicted octanol–water partition coefficient (Wildman–Crippen LogP) is 1.38. The second-order valence-electron chi connectivity index (χ2n) is 2.49. The molecule has 0 atom stereocenters. The Bertz CT molecular complexity index is 282. The third-order valence-electron chi connectivity index (χ3n) is 1.41.